The maximum absolute atomic E-state index is 11.1. The van der Waals surface area contributed by atoms with Crippen molar-refractivity contribution < 1.29 is 43.0 Å². The molecule has 0 bridgehead atoms. The highest BCUT2D eigenvalue weighted by Gasteiger charge is 2.51. The maximum Gasteiger partial charge on any atom is 0.187 e. The zero-order chi connectivity index (χ0) is 34.4. The molecule has 9 heteroatoms. The Balaban J connectivity index is 1.25. The molecule has 2 fully saturated rings. The van der Waals surface area contributed by atoms with Crippen molar-refractivity contribution in [2.75, 3.05) is 19.8 Å². The van der Waals surface area contributed by atoms with Crippen LogP contribution >= 0.6 is 0 Å². The molecule has 4 aromatic rings. The molecular weight excluding hydrogens is 636 g/mol. The van der Waals surface area contributed by atoms with Gasteiger partial charge in [0.2, 0.25) is 0 Å². The number of aliphatic hydroxyl groups is 1. The lowest BCUT2D eigenvalue weighted by Gasteiger charge is -2.41. The van der Waals surface area contributed by atoms with Crippen LogP contribution in [0, 0.1) is 0 Å². The largest absolute Gasteiger partial charge is 0.374 e. The van der Waals surface area contributed by atoms with Crippen molar-refractivity contribution in [3.63, 3.8) is 0 Å². The highest BCUT2D eigenvalue weighted by atomic mass is 16.8. The Morgan fingerprint density at radius 2 is 1.10 bits per heavy atom. The molecule has 0 spiro atoms. The second-order valence-electron chi connectivity index (χ2n) is 12.3. The van der Waals surface area contributed by atoms with Gasteiger partial charge in [-0.05, 0) is 22.3 Å². The Bertz CT molecular complexity index is 1530. The molecule has 0 aliphatic carbocycles. The van der Waals surface area contributed by atoms with E-state index in [1.54, 1.807) is 6.08 Å². The number of hydrogen-bond acceptors (Lipinski definition) is 9. The van der Waals surface area contributed by atoms with E-state index in [1.165, 1.54) is 0 Å². The third-order valence-corrected chi connectivity index (χ3v) is 8.64. The van der Waals surface area contributed by atoms with Crippen LogP contribution in [0.2, 0.25) is 0 Å². The molecule has 1 N–H and O–H groups in total. The Morgan fingerprint density at radius 3 is 1.64 bits per heavy atom. The summed E-state index contributed by atoms with van der Waals surface area (Å²) >= 11 is 0. The first kappa shape index (κ1) is 36.1. The molecule has 0 radical (unpaired) electrons. The third kappa shape index (κ3) is 10.2. The van der Waals surface area contributed by atoms with E-state index in [-0.39, 0.29) is 26.4 Å². The quantitative estimate of drug-likeness (QED) is 0.127. The van der Waals surface area contributed by atoms with E-state index in [9.17, 15) is 5.11 Å². The van der Waals surface area contributed by atoms with Gasteiger partial charge < -0.3 is 43.0 Å². The standard InChI is InChI=1S/C41H46O9/c1-2-23-44-36-35(28-43-24-30-15-7-3-8-16-30)49-41(39(36)47-27-33-21-13-6-14-22-33)50-37-34(45-25-31-17-9-4-10-18-31)29-48-40(42)38(37)46-26-32-19-11-5-12-20-32/h2-22,34-42H,1,23-29H2/t34-,35+,36+,37+,38-,39-,40-,41+/m1/s1. The molecule has 0 amide bonds. The molecule has 9 nitrogen and oxygen atoms in total. The van der Waals surface area contributed by atoms with Crippen LogP contribution in [0.1, 0.15) is 22.3 Å². The van der Waals surface area contributed by atoms with Crippen LogP contribution < -0.4 is 0 Å². The van der Waals surface area contributed by atoms with Gasteiger partial charge in [0.1, 0.15) is 36.6 Å². The van der Waals surface area contributed by atoms with E-state index in [2.05, 4.69) is 6.58 Å². The average Bonchev–Trinajstić information content (AvgIpc) is 3.49. The van der Waals surface area contributed by atoms with Gasteiger partial charge in [0, 0.05) is 0 Å². The number of rotatable bonds is 18. The van der Waals surface area contributed by atoms with Crippen LogP contribution in [0.25, 0.3) is 0 Å². The van der Waals surface area contributed by atoms with Crippen LogP contribution in [0.15, 0.2) is 134 Å². The van der Waals surface area contributed by atoms with Gasteiger partial charge in [-0.2, -0.15) is 0 Å². The fourth-order valence-corrected chi connectivity index (χ4v) is 6.07. The second-order valence-corrected chi connectivity index (χ2v) is 12.3. The van der Waals surface area contributed by atoms with E-state index >= 15 is 0 Å². The van der Waals surface area contributed by atoms with Crippen molar-refractivity contribution in [3.8, 4) is 0 Å². The first-order chi connectivity index (χ1) is 24.7. The fourth-order valence-electron chi connectivity index (χ4n) is 6.07. The molecule has 0 saturated carbocycles. The molecule has 0 aromatic heterocycles. The summed E-state index contributed by atoms with van der Waals surface area (Å²) in [6.07, 6.45) is -4.50. The lowest BCUT2D eigenvalue weighted by atomic mass is 10.0. The van der Waals surface area contributed by atoms with Gasteiger partial charge in [0.25, 0.3) is 0 Å². The van der Waals surface area contributed by atoms with Crippen LogP contribution in [-0.2, 0) is 64.3 Å². The molecular formula is C41H46O9. The zero-order valence-electron chi connectivity index (χ0n) is 28.1. The molecule has 2 saturated heterocycles. The molecule has 8 atom stereocenters. The monoisotopic (exact) mass is 682 g/mol. The minimum absolute atomic E-state index is 0.0894. The van der Waals surface area contributed by atoms with Gasteiger partial charge in [-0.15, -0.1) is 6.58 Å². The van der Waals surface area contributed by atoms with Crippen molar-refractivity contribution in [2.24, 2.45) is 0 Å². The summed E-state index contributed by atoms with van der Waals surface area (Å²) < 4.78 is 51.0. The first-order valence-electron chi connectivity index (χ1n) is 17.1. The van der Waals surface area contributed by atoms with Gasteiger partial charge in [0.15, 0.2) is 12.6 Å². The molecule has 2 aliphatic rings. The molecule has 2 aliphatic heterocycles. The predicted molar refractivity (Wildman–Crippen MR) is 187 cm³/mol. The van der Waals surface area contributed by atoms with Crippen molar-refractivity contribution in [3.05, 3.63) is 156 Å². The third-order valence-electron chi connectivity index (χ3n) is 8.64. The van der Waals surface area contributed by atoms with Crippen molar-refractivity contribution in [1.29, 1.82) is 0 Å². The van der Waals surface area contributed by atoms with Crippen molar-refractivity contribution >= 4 is 0 Å². The number of hydrogen-bond donors (Lipinski definition) is 1. The van der Waals surface area contributed by atoms with E-state index in [1.807, 2.05) is 121 Å². The lowest BCUT2D eigenvalue weighted by Crippen LogP contribution is -2.57. The summed E-state index contributed by atoms with van der Waals surface area (Å²) in [5.41, 5.74) is 3.98. The summed E-state index contributed by atoms with van der Waals surface area (Å²) in [7, 11) is 0. The summed E-state index contributed by atoms with van der Waals surface area (Å²) in [5.74, 6) is 0. The van der Waals surface area contributed by atoms with Crippen LogP contribution in [0.3, 0.4) is 0 Å². The van der Waals surface area contributed by atoms with Gasteiger partial charge >= 0.3 is 0 Å². The van der Waals surface area contributed by atoms with Crippen molar-refractivity contribution in [2.45, 2.75) is 75.6 Å². The highest BCUT2D eigenvalue weighted by Crippen LogP contribution is 2.33. The SMILES string of the molecule is C=CCO[C@@H]1[C@@H](OCc2ccccc2)[C@H](O[C@@H]2[C@@H](OCc3ccccc3)[C@H](O)OC[C@H]2OCc2ccccc2)O[C@H]1COCc1ccccc1. The van der Waals surface area contributed by atoms with E-state index < -0.39 is 49.2 Å². The Labute approximate surface area is 294 Å². The minimum Gasteiger partial charge on any atom is -0.374 e. The van der Waals surface area contributed by atoms with Gasteiger partial charge in [0.05, 0.1) is 46.2 Å². The summed E-state index contributed by atoms with van der Waals surface area (Å²) in [4.78, 5) is 0. The summed E-state index contributed by atoms with van der Waals surface area (Å²) in [6, 6.07) is 39.5. The average molecular weight is 683 g/mol. The Kier molecular flexibility index (Phi) is 13.7. The topological polar surface area (TPSA) is 94.1 Å². The molecule has 2 heterocycles. The lowest BCUT2D eigenvalue weighted by molar-refractivity contribution is -0.317. The number of aliphatic hydroxyl groups excluding tert-OH is 1. The van der Waals surface area contributed by atoms with E-state index in [4.69, 9.17) is 37.9 Å². The normalized spacial score (nSPS) is 26.5. The molecule has 0 unspecified atom stereocenters. The Morgan fingerprint density at radius 1 is 0.600 bits per heavy atom. The van der Waals surface area contributed by atoms with Crippen LogP contribution in [0.5, 0.6) is 0 Å². The van der Waals surface area contributed by atoms with Gasteiger partial charge in [-0.3, -0.25) is 0 Å². The first-order valence-corrected chi connectivity index (χ1v) is 17.1. The van der Waals surface area contributed by atoms with Crippen LogP contribution in [-0.4, -0.2) is 74.1 Å². The fraction of sp³-hybridized carbons (Fsp3) is 0.366. The number of benzene rings is 4. The molecule has 6 rings (SSSR count). The summed E-state index contributed by atoms with van der Waals surface area (Å²) in [6.45, 7) is 5.72. The summed E-state index contributed by atoms with van der Waals surface area (Å²) in [5, 5.41) is 11.1. The Hall–Kier alpha value is -3.74. The van der Waals surface area contributed by atoms with E-state index in [0.29, 0.717) is 19.8 Å². The van der Waals surface area contributed by atoms with Crippen LogP contribution in [0.4, 0.5) is 0 Å². The highest BCUT2D eigenvalue weighted by molar-refractivity contribution is 5.16. The molecule has 4 aromatic carbocycles. The van der Waals surface area contributed by atoms with Gasteiger partial charge in [-0.25, -0.2) is 0 Å². The van der Waals surface area contributed by atoms with E-state index in [0.717, 1.165) is 22.3 Å². The molecule has 50 heavy (non-hydrogen) atoms. The minimum atomic E-state index is -1.26. The smallest absolute Gasteiger partial charge is 0.187 e. The van der Waals surface area contributed by atoms with Gasteiger partial charge in [-0.1, -0.05) is 127 Å². The maximum atomic E-state index is 11.1. The second kappa shape index (κ2) is 19.0. The zero-order valence-corrected chi connectivity index (χ0v) is 28.1. The molecule has 264 valence electrons. The van der Waals surface area contributed by atoms with Crippen molar-refractivity contribution in [1.82, 2.24) is 0 Å². The number of ether oxygens (including phenoxy) is 8. The predicted octanol–water partition coefficient (Wildman–Crippen LogP) is 5.99.